The van der Waals surface area contributed by atoms with Crippen LogP contribution in [-0.2, 0) is 0 Å². The van der Waals surface area contributed by atoms with E-state index in [4.69, 9.17) is 21.7 Å². The molecule has 1 fully saturated rings. The molecular weight excluding hydrogens is 332 g/mol. The van der Waals surface area contributed by atoms with Crippen molar-refractivity contribution in [2.75, 3.05) is 25.6 Å². The quantitative estimate of drug-likeness (QED) is 0.790. The van der Waals surface area contributed by atoms with Gasteiger partial charge >= 0.3 is 0 Å². The number of hydrogen-bond acceptors (Lipinski definition) is 3. The van der Waals surface area contributed by atoms with Gasteiger partial charge in [-0.3, -0.25) is 0 Å². The molecule has 2 aromatic rings. The van der Waals surface area contributed by atoms with Crippen LogP contribution < -0.4 is 14.8 Å². The Hall–Kier alpha value is -2.27. The van der Waals surface area contributed by atoms with Gasteiger partial charge in [0.25, 0.3) is 0 Å². The number of methoxy groups -OCH3 is 1. The first-order valence-electron chi connectivity index (χ1n) is 8.65. The first-order valence-corrected chi connectivity index (χ1v) is 9.06. The maximum absolute atomic E-state index is 5.66. The van der Waals surface area contributed by atoms with Crippen LogP contribution in [0.5, 0.6) is 11.5 Å². The van der Waals surface area contributed by atoms with Crippen LogP contribution in [0.25, 0.3) is 0 Å². The van der Waals surface area contributed by atoms with Crippen LogP contribution in [0.15, 0.2) is 48.5 Å². The summed E-state index contributed by atoms with van der Waals surface area (Å²) in [6.45, 7) is 3.65. The Morgan fingerprint density at radius 2 is 1.80 bits per heavy atom. The van der Waals surface area contributed by atoms with Crippen LogP contribution in [0.4, 0.5) is 5.69 Å². The zero-order valence-corrected chi connectivity index (χ0v) is 15.5. The van der Waals surface area contributed by atoms with Crippen LogP contribution in [-0.4, -0.2) is 30.3 Å². The lowest BCUT2D eigenvalue weighted by atomic mass is 10.0. The van der Waals surface area contributed by atoms with Crippen molar-refractivity contribution in [1.82, 2.24) is 4.90 Å². The minimum atomic E-state index is 0.314. The lowest BCUT2D eigenvalue weighted by molar-refractivity contribution is 0.339. The van der Waals surface area contributed by atoms with E-state index in [0.717, 1.165) is 41.7 Å². The number of anilines is 1. The van der Waals surface area contributed by atoms with Crippen LogP contribution in [0.1, 0.15) is 31.4 Å². The van der Waals surface area contributed by atoms with Crippen molar-refractivity contribution in [3.63, 3.8) is 0 Å². The second-order valence-corrected chi connectivity index (χ2v) is 6.40. The second kappa shape index (κ2) is 8.21. The summed E-state index contributed by atoms with van der Waals surface area (Å²) in [5.41, 5.74) is 2.25. The number of likely N-dealkylation sites (tertiary alicyclic amines) is 1. The predicted octanol–water partition coefficient (Wildman–Crippen LogP) is 4.63. The summed E-state index contributed by atoms with van der Waals surface area (Å²) in [5.74, 6) is 1.75. The van der Waals surface area contributed by atoms with E-state index < -0.39 is 0 Å². The summed E-state index contributed by atoms with van der Waals surface area (Å²) in [5, 5.41) is 4.11. The molecule has 1 aliphatic heterocycles. The normalized spacial score (nSPS) is 16.6. The molecule has 0 spiro atoms. The van der Waals surface area contributed by atoms with Gasteiger partial charge < -0.3 is 19.7 Å². The van der Waals surface area contributed by atoms with Crippen LogP contribution in [0.2, 0.25) is 0 Å². The molecule has 1 atom stereocenters. The first-order chi connectivity index (χ1) is 12.2. The molecule has 1 saturated heterocycles. The lowest BCUT2D eigenvalue weighted by Crippen LogP contribution is -2.34. The number of nitrogens with zero attached hydrogens (tertiary/aromatic N) is 1. The third-order valence-electron chi connectivity index (χ3n) is 4.43. The number of rotatable bonds is 5. The van der Waals surface area contributed by atoms with E-state index in [2.05, 4.69) is 22.3 Å². The molecule has 4 nitrogen and oxygen atoms in total. The van der Waals surface area contributed by atoms with Gasteiger partial charge in [-0.1, -0.05) is 12.1 Å². The summed E-state index contributed by atoms with van der Waals surface area (Å²) in [6.07, 6.45) is 2.25. The molecule has 0 amide bonds. The number of ether oxygens (including phenoxy) is 2. The fraction of sp³-hybridized carbons (Fsp3) is 0.350. The zero-order valence-electron chi connectivity index (χ0n) is 14.7. The Kier molecular flexibility index (Phi) is 5.76. The van der Waals surface area contributed by atoms with E-state index in [1.807, 2.05) is 43.3 Å². The minimum absolute atomic E-state index is 0.314. The smallest absolute Gasteiger partial charge is 0.173 e. The summed E-state index contributed by atoms with van der Waals surface area (Å²) in [7, 11) is 1.67. The van der Waals surface area contributed by atoms with Crippen molar-refractivity contribution in [2.24, 2.45) is 0 Å². The Balaban J connectivity index is 1.68. The van der Waals surface area contributed by atoms with E-state index in [1.165, 1.54) is 5.56 Å². The van der Waals surface area contributed by atoms with Gasteiger partial charge in [0.1, 0.15) is 11.5 Å². The van der Waals surface area contributed by atoms with Gasteiger partial charge in [-0.15, -0.1) is 0 Å². The average molecular weight is 356 g/mol. The van der Waals surface area contributed by atoms with Crippen molar-refractivity contribution < 1.29 is 9.47 Å². The molecule has 1 N–H and O–H groups in total. The predicted molar refractivity (Wildman–Crippen MR) is 106 cm³/mol. The number of hydrogen-bond donors (Lipinski definition) is 1. The molecule has 0 unspecified atom stereocenters. The fourth-order valence-electron chi connectivity index (χ4n) is 3.18. The molecule has 5 heteroatoms. The Bertz CT molecular complexity index is 701. The van der Waals surface area contributed by atoms with Crippen molar-refractivity contribution in [3.05, 3.63) is 54.1 Å². The van der Waals surface area contributed by atoms with Crippen molar-refractivity contribution in [1.29, 1.82) is 0 Å². The van der Waals surface area contributed by atoms with E-state index in [9.17, 15) is 0 Å². The highest BCUT2D eigenvalue weighted by Gasteiger charge is 2.28. The molecule has 0 saturated carbocycles. The van der Waals surface area contributed by atoms with Crippen molar-refractivity contribution >= 4 is 23.0 Å². The molecular formula is C20H24N2O2S. The minimum Gasteiger partial charge on any atom is -0.497 e. The highest BCUT2D eigenvalue weighted by molar-refractivity contribution is 7.80. The first kappa shape index (κ1) is 17.5. The van der Waals surface area contributed by atoms with E-state index in [1.54, 1.807) is 7.11 Å². The van der Waals surface area contributed by atoms with Crippen LogP contribution in [0.3, 0.4) is 0 Å². The van der Waals surface area contributed by atoms with E-state index in [0.29, 0.717) is 12.6 Å². The zero-order chi connectivity index (χ0) is 17.6. The summed E-state index contributed by atoms with van der Waals surface area (Å²) < 4.78 is 10.7. The molecule has 1 heterocycles. The summed E-state index contributed by atoms with van der Waals surface area (Å²) in [4.78, 5) is 2.27. The second-order valence-electron chi connectivity index (χ2n) is 6.01. The van der Waals surface area contributed by atoms with Gasteiger partial charge in [0.15, 0.2) is 5.11 Å². The maximum Gasteiger partial charge on any atom is 0.173 e. The molecule has 132 valence electrons. The molecule has 0 radical (unpaired) electrons. The van der Waals surface area contributed by atoms with Gasteiger partial charge in [0.05, 0.1) is 19.8 Å². The molecule has 0 aliphatic carbocycles. The number of nitrogens with one attached hydrogen (secondary N) is 1. The van der Waals surface area contributed by atoms with E-state index in [-0.39, 0.29) is 0 Å². The monoisotopic (exact) mass is 356 g/mol. The Morgan fingerprint density at radius 1 is 1.12 bits per heavy atom. The van der Waals surface area contributed by atoms with Gasteiger partial charge in [-0.05, 0) is 73.9 Å². The van der Waals surface area contributed by atoms with Gasteiger partial charge in [0.2, 0.25) is 0 Å². The highest BCUT2D eigenvalue weighted by Crippen LogP contribution is 2.33. The highest BCUT2D eigenvalue weighted by atomic mass is 32.1. The molecule has 2 aromatic carbocycles. The number of thiocarbonyl (C=S) groups is 1. The Morgan fingerprint density at radius 3 is 2.44 bits per heavy atom. The Labute approximate surface area is 154 Å². The SMILES string of the molecule is CCOc1ccc([C@@H]2CCCN2C(=S)Nc2ccc(OC)cc2)cc1. The van der Waals surface area contributed by atoms with Gasteiger partial charge in [-0.25, -0.2) is 0 Å². The average Bonchev–Trinajstić information content (AvgIpc) is 3.13. The van der Waals surface area contributed by atoms with Crippen molar-refractivity contribution in [3.8, 4) is 11.5 Å². The molecule has 1 aliphatic rings. The van der Waals surface area contributed by atoms with E-state index >= 15 is 0 Å². The summed E-state index contributed by atoms with van der Waals surface area (Å²) >= 11 is 5.66. The molecule has 25 heavy (non-hydrogen) atoms. The standard InChI is InChI=1S/C20H24N2O2S/c1-3-24-18-10-6-15(7-11-18)19-5-4-14-22(19)20(25)21-16-8-12-17(23-2)13-9-16/h6-13,19H,3-5,14H2,1-2H3,(H,21,25)/t19-/m0/s1. The molecule has 0 aromatic heterocycles. The molecule has 3 rings (SSSR count). The third-order valence-corrected chi connectivity index (χ3v) is 4.77. The molecule has 0 bridgehead atoms. The number of benzene rings is 2. The largest absolute Gasteiger partial charge is 0.497 e. The third kappa shape index (κ3) is 4.23. The van der Waals surface area contributed by atoms with Crippen molar-refractivity contribution in [2.45, 2.75) is 25.8 Å². The van der Waals surface area contributed by atoms with Gasteiger partial charge in [0, 0.05) is 12.2 Å². The topological polar surface area (TPSA) is 33.7 Å². The maximum atomic E-state index is 5.66. The van der Waals surface area contributed by atoms with Crippen LogP contribution in [0, 0.1) is 0 Å². The lowest BCUT2D eigenvalue weighted by Gasteiger charge is -2.28. The summed E-state index contributed by atoms with van der Waals surface area (Å²) in [6, 6.07) is 16.5. The van der Waals surface area contributed by atoms with Crippen LogP contribution >= 0.6 is 12.2 Å². The van der Waals surface area contributed by atoms with Gasteiger partial charge in [-0.2, -0.15) is 0 Å². The fourth-order valence-corrected chi connectivity index (χ4v) is 3.52.